The summed E-state index contributed by atoms with van der Waals surface area (Å²) in [4.78, 5) is 24.2. The molecular weight excluding hydrogens is 434 g/mol. The van der Waals surface area contributed by atoms with E-state index in [1.54, 1.807) is 42.9 Å². The topological polar surface area (TPSA) is 97.2 Å². The van der Waals surface area contributed by atoms with E-state index in [-0.39, 0.29) is 10.8 Å². The summed E-state index contributed by atoms with van der Waals surface area (Å²) in [6, 6.07) is 4.92. The number of aromatic nitrogens is 3. The minimum atomic E-state index is -3.80. The van der Waals surface area contributed by atoms with Crippen molar-refractivity contribution < 1.29 is 13.2 Å². The minimum absolute atomic E-state index is 0.0120. The Morgan fingerprint density at radius 2 is 1.94 bits per heavy atom. The van der Waals surface area contributed by atoms with Crippen LogP contribution in [0.25, 0.3) is 10.7 Å². The summed E-state index contributed by atoms with van der Waals surface area (Å²) < 4.78 is 30.3. The fourth-order valence-electron chi connectivity index (χ4n) is 3.73. The number of likely N-dealkylation sites (tertiary alicyclic amines) is 1. The number of thiazole rings is 1. The fraction of sp³-hybridized carbons (Fsp3) is 0.381. The van der Waals surface area contributed by atoms with Crippen molar-refractivity contribution in [2.45, 2.75) is 38.0 Å². The van der Waals surface area contributed by atoms with Crippen molar-refractivity contribution in [3.63, 3.8) is 0 Å². The first-order valence-corrected chi connectivity index (χ1v) is 12.4. The zero-order chi connectivity index (χ0) is 22.2. The predicted molar refractivity (Wildman–Crippen MR) is 121 cm³/mol. The number of aryl methyl sites for hydroxylation is 1. The Morgan fingerprint density at radius 3 is 2.61 bits per heavy atom. The number of piperidine rings is 1. The molecule has 3 aromatic heterocycles. The first kappa shape index (κ1) is 21.5. The molecule has 3 aromatic rings. The van der Waals surface area contributed by atoms with Crippen molar-refractivity contribution in [3.8, 4) is 10.7 Å². The Labute approximate surface area is 186 Å². The Morgan fingerprint density at radius 1 is 1.19 bits per heavy atom. The third-order valence-corrected chi connectivity index (χ3v) is 8.21. The molecule has 164 valence electrons. The van der Waals surface area contributed by atoms with E-state index in [4.69, 9.17) is 0 Å². The van der Waals surface area contributed by atoms with Gasteiger partial charge in [0.25, 0.3) is 15.9 Å². The van der Waals surface area contributed by atoms with Crippen LogP contribution in [0, 0.1) is 13.8 Å². The van der Waals surface area contributed by atoms with Crippen LogP contribution >= 0.6 is 11.3 Å². The molecule has 0 radical (unpaired) electrons. The molecule has 31 heavy (non-hydrogen) atoms. The monoisotopic (exact) mass is 459 g/mol. The summed E-state index contributed by atoms with van der Waals surface area (Å²) in [6.45, 7) is 5.13. The second-order valence-corrected chi connectivity index (χ2v) is 10.3. The number of nitrogens with one attached hydrogen (secondary N) is 1. The summed E-state index contributed by atoms with van der Waals surface area (Å²) in [7, 11) is -2.00. The molecule has 1 amide bonds. The van der Waals surface area contributed by atoms with Gasteiger partial charge in [-0.2, -0.15) is 0 Å². The van der Waals surface area contributed by atoms with Gasteiger partial charge < -0.3 is 9.47 Å². The van der Waals surface area contributed by atoms with Crippen LogP contribution in [0.15, 0.2) is 35.5 Å². The van der Waals surface area contributed by atoms with Gasteiger partial charge in [-0.25, -0.2) is 13.4 Å². The number of nitrogens with zero attached hydrogens (tertiary/aromatic N) is 4. The van der Waals surface area contributed by atoms with Gasteiger partial charge in [0.05, 0.1) is 23.3 Å². The van der Waals surface area contributed by atoms with Gasteiger partial charge in [-0.1, -0.05) is 0 Å². The number of pyridine rings is 1. The van der Waals surface area contributed by atoms with Crippen LogP contribution < -0.4 is 4.72 Å². The van der Waals surface area contributed by atoms with Crippen molar-refractivity contribution >= 4 is 33.0 Å². The first-order chi connectivity index (χ1) is 14.8. The molecule has 10 heteroatoms. The highest BCUT2D eigenvalue weighted by Crippen LogP contribution is 2.33. The number of carbonyl (C=O) groups is 1. The quantitative estimate of drug-likeness (QED) is 0.629. The number of amides is 1. The molecule has 1 fully saturated rings. The lowest BCUT2D eigenvalue weighted by Crippen LogP contribution is -2.35. The lowest BCUT2D eigenvalue weighted by molar-refractivity contribution is 0.0728. The molecule has 0 unspecified atom stereocenters. The highest BCUT2D eigenvalue weighted by Gasteiger charge is 2.27. The van der Waals surface area contributed by atoms with E-state index in [0.717, 1.165) is 32.4 Å². The summed E-state index contributed by atoms with van der Waals surface area (Å²) in [5.41, 5.74) is 2.32. The number of carbonyl (C=O) groups excluding carboxylic acids is 1. The molecule has 1 aliphatic heterocycles. The molecule has 1 aliphatic rings. The maximum atomic E-state index is 13.0. The zero-order valence-electron chi connectivity index (χ0n) is 17.8. The fourth-order valence-corrected chi connectivity index (χ4v) is 6.15. The molecule has 0 saturated carbocycles. The minimum Gasteiger partial charge on any atom is -0.345 e. The van der Waals surface area contributed by atoms with Gasteiger partial charge in [-0.3, -0.25) is 14.5 Å². The van der Waals surface area contributed by atoms with Gasteiger partial charge in [0.1, 0.15) is 14.8 Å². The molecule has 0 bridgehead atoms. The van der Waals surface area contributed by atoms with E-state index >= 15 is 0 Å². The second kappa shape index (κ2) is 8.43. The molecule has 8 nitrogen and oxygen atoms in total. The molecule has 0 spiro atoms. The van der Waals surface area contributed by atoms with Gasteiger partial charge in [0.15, 0.2) is 0 Å². The van der Waals surface area contributed by atoms with E-state index in [1.807, 2.05) is 11.8 Å². The lowest BCUT2D eigenvalue weighted by atomic mass is 10.1. The van der Waals surface area contributed by atoms with Gasteiger partial charge >= 0.3 is 0 Å². The van der Waals surface area contributed by atoms with Crippen LogP contribution in [-0.2, 0) is 17.1 Å². The van der Waals surface area contributed by atoms with Crippen LogP contribution in [0.1, 0.15) is 40.3 Å². The SMILES string of the molecule is Cc1nc(-c2cc(S(=O)(=O)Nc3cccnc3)c(C)n2C)sc1C(=O)N1CCCCC1. The number of hydrogen-bond donors (Lipinski definition) is 1. The van der Waals surface area contributed by atoms with Gasteiger partial charge in [-0.05, 0) is 51.3 Å². The number of anilines is 1. The number of hydrogen-bond acceptors (Lipinski definition) is 6. The second-order valence-electron chi connectivity index (χ2n) is 7.67. The van der Waals surface area contributed by atoms with Crippen molar-refractivity contribution in [1.29, 1.82) is 0 Å². The smallest absolute Gasteiger partial charge is 0.265 e. The predicted octanol–water partition coefficient (Wildman–Crippen LogP) is 3.59. The lowest BCUT2D eigenvalue weighted by Gasteiger charge is -2.26. The zero-order valence-corrected chi connectivity index (χ0v) is 19.4. The third-order valence-electron chi connectivity index (χ3n) is 5.55. The first-order valence-electron chi connectivity index (χ1n) is 10.1. The summed E-state index contributed by atoms with van der Waals surface area (Å²) in [5.74, 6) is 0.0120. The Balaban J connectivity index is 1.66. The van der Waals surface area contributed by atoms with Crippen molar-refractivity contribution in [2.24, 2.45) is 7.05 Å². The molecule has 0 atom stereocenters. The van der Waals surface area contributed by atoms with Crippen LogP contribution in [0.4, 0.5) is 5.69 Å². The Kier molecular flexibility index (Phi) is 5.85. The molecule has 1 N–H and O–H groups in total. The van der Waals surface area contributed by atoms with Crippen molar-refractivity contribution in [1.82, 2.24) is 19.4 Å². The summed E-state index contributed by atoms with van der Waals surface area (Å²) >= 11 is 1.32. The highest BCUT2D eigenvalue weighted by molar-refractivity contribution is 7.92. The maximum absolute atomic E-state index is 13.0. The Bertz CT molecular complexity index is 1210. The average molecular weight is 460 g/mol. The largest absolute Gasteiger partial charge is 0.345 e. The maximum Gasteiger partial charge on any atom is 0.265 e. The van der Waals surface area contributed by atoms with Gasteiger partial charge in [0, 0.05) is 32.0 Å². The van der Waals surface area contributed by atoms with Crippen LogP contribution in [0.5, 0.6) is 0 Å². The molecular formula is C21H25N5O3S2. The number of rotatable bonds is 5. The molecule has 4 rings (SSSR count). The average Bonchev–Trinajstić information content (AvgIpc) is 3.29. The van der Waals surface area contributed by atoms with E-state index in [0.29, 0.717) is 32.7 Å². The van der Waals surface area contributed by atoms with Crippen LogP contribution in [0.2, 0.25) is 0 Å². The van der Waals surface area contributed by atoms with E-state index in [2.05, 4.69) is 14.7 Å². The van der Waals surface area contributed by atoms with Gasteiger partial charge in [0.2, 0.25) is 0 Å². The third kappa shape index (κ3) is 4.22. The summed E-state index contributed by atoms with van der Waals surface area (Å²) in [5, 5.41) is 0.631. The molecule has 0 aromatic carbocycles. The molecule has 1 saturated heterocycles. The van der Waals surface area contributed by atoms with E-state index in [1.165, 1.54) is 17.5 Å². The van der Waals surface area contributed by atoms with Crippen LogP contribution in [0.3, 0.4) is 0 Å². The van der Waals surface area contributed by atoms with Crippen molar-refractivity contribution in [3.05, 3.63) is 46.9 Å². The highest BCUT2D eigenvalue weighted by atomic mass is 32.2. The van der Waals surface area contributed by atoms with Crippen molar-refractivity contribution in [2.75, 3.05) is 17.8 Å². The molecule has 4 heterocycles. The normalized spacial score (nSPS) is 14.6. The van der Waals surface area contributed by atoms with Crippen LogP contribution in [-0.4, -0.2) is 46.8 Å². The molecule has 0 aliphatic carbocycles. The Hall–Kier alpha value is -2.72. The summed E-state index contributed by atoms with van der Waals surface area (Å²) in [6.07, 6.45) is 6.25. The van der Waals surface area contributed by atoms with Gasteiger partial charge in [-0.15, -0.1) is 11.3 Å². The number of sulfonamides is 1. The standard InChI is InChI=1S/C21H25N5O3S2/c1-14-19(21(27)26-10-5-4-6-11-26)30-20(23-14)17-12-18(15(2)25(17)3)31(28,29)24-16-8-7-9-22-13-16/h7-9,12-13,24H,4-6,10-11H2,1-3H3. The van der Waals surface area contributed by atoms with E-state index in [9.17, 15) is 13.2 Å². The van der Waals surface area contributed by atoms with E-state index < -0.39 is 10.0 Å².